The molecule has 9 nitrogen and oxygen atoms in total. The van der Waals surface area contributed by atoms with E-state index in [2.05, 4.69) is 65.4 Å². The highest BCUT2D eigenvalue weighted by Gasteiger charge is 2.18. The zero-order chi connectivity index (χ0) is 33.1. The molecule has 2 aromatic carbocycles. The lowest BCUT2D eigenvalue weighted by atomic mass is 10.2. The summed E-state index contributed by atoms with van der Waals surface area (Å²) in [5.74, 6) is -0.632. The summed E-state index contributed by atoms with van der Waals surface area (Å²) in [5.41, 5.74) is 2.13. The minimum atomic E-state index is -3.64. The van der Waals surface area contributed by atoms with Crippen LogP contribution in [0.25, 0.3) is 0 Å². The van der Waals surface area contributed by atoms with Crippen LogP contribution in [0.15, 0.2) is 79.1 Å². The Labute approximate surface area is 259 Å². The van der Waals surface area contributed by atoms with Crippen LogP contribution in [-0.4, -0.2) is 50.7 Å². The Hall–Kier alpha value is -3.92. The Kier molecular flexibility index (Phi) is 24.7. The zero-order valence-electron chi connectivity index (χ0n) is 27.3. The van der Waals surface area contributed by atoms with Crippen LogP contribution in [0.4, 0.5) is 5.69 Å². The van der Waals surface area contributed by atoms with E-state index in [-0.39, 0.29) is 12.3 Å². The van der Waals surface area contributed by atoms with E-state index in [9.17, 15) is 18.0 Å². The monoisotopic (exact) mass is 616 g/mol. The van der Waals surface area contributed by atoms with Crippen molar-refractivity contribution < 1.29 is 22.7 Å². The predicted octanol–water partition coefficient (Wildman–Crippen LogP) is 6.48. The van der Waals surface area contributed by atoms with E-state index in [4.69, 9.17) is 4.74 Å². The van der Waals surface area contributed by atoms with Gasteiger partial charge in [0.15, 0.2) is 0 Å². The van der Waals surface area contributed by atoms with Gasteiger partial charge in [0.25, 0.3) is 5.91 Å². The van der Waals surface area contributed by atoms with Gasteiger partial charge in [-0.15, -0.1) is 0 Å². The first kappa shape index (κ1) is 41.2. The average molecular weight is 617 g/mol. The van der Waals surface area contributed by atoms with E-state index < -0.39 is 27.9 Å². The number of aryl methyl sites for hydroxylation is 1. The lowest BCUT2D eigenvalue weighted by molar-refractivity contribution is -0.122. The molecule has 0 bridgehead atoms. The number of methoxy groups -OCH3 is 1. The van der Waals surface area contributed by atoms with Crippen molar-refractivity contribution in [3.63, 3.8) is 0 Å². The summed E-state index contributed by atoms with van der Waals surface area (Å²) >= 11 is 0. The highest BCUT2D eigenvalue weighted by molar-refractivity contribution is 7.92. The number of pyridine rings is 1. The molecule has 0 radical (unpaired) electrons. The van der Waals surface area contributed by atoms with Crippen molar-refractivity contribution in [3.05, 3.63) is 90.3 Å². The van der Waals surface area contributed by atoms with Gasteiger partial charge in [-0.1, -0.05) is 85.2 Å². The van der Waals surface area contributed by atoms with Gasteiger partial charge in [0.2, 0.25) is 15.9 Å². The predicted molar refractivity (Wildman–Crippen MR) is 179 cm³/mol. The lowest BCUT2D eigenvalue weighted by Crippen LogP contribution is -2.46. The van der Waals surface area contributed by atoms with E-state index >= 15 is 0 Å². The van der Waals surface area contributed by atoms with Gasteiger partial charge in [-0.05, 0) is 55.3 Å². The van der Waals surface area contributed by atoms with Gasteiger partial charge in [-0.2, -0.15) is 0 Å². The summed E-state index contributed by atoms with van der Waals surface area (Å²) in [5, 5.41) is 5.02. The number of ether oxygens (including phenoxy) is 1. The Bertz CT molecular complexity index is 1210. The lowest BCUT2D eigenvalue weighted by Gasteiger charge is -2.14. The number of rotatable bonds is 10. The Morgan fingerprint density at radius 2 is 1.47 bits per heavy atom. The number of amides is 2. The van der Waals surface area contributed by atoms with Crippen LogP contribution < -0.4 is 20.1 Å². The van der Waals surface area contributed by atoms with Gasteiger partial charge in [0.05, 0.1) is 18.4 Å². The maximum Gasteiger partial charge on any atom is 0.253 e. The number of nitrogens with zero attached hydrogens (tertiary/aromatic N) is 1. The fourth-order valence-electron chi connectivity index (χ4n) is 2.91. The Balaban J connectivity index is 0. The van der Waals surface area contributed by atoms with Crippen LogP contribution in [0.3, 0.4) is 0 Å². The summed E-state index contributed by atoms with van der Waals surface area (Å²) in [4.78, 5) is 27.9. The van der Waals surface area contributed by atoms with Gasteiger partial charge in [0.1, 0.15) is 11.8 Å². The highest BCUT2D eigenvalue weighted by atomic mass is 32.2. The largest absolute Gasteiger partial charge is 0.497 e. The average Bonchev–Trinajstić information content (AvgIpc) is 3.04. The SMILES string of the molecule is CC.CC.CCC.CCc1ccccc1.COc1ccc(NS(=O)(=O)CCNC(=O)C(C)NC(=O)c2cccnc2)cc1. The fourth-order valence-corrected chi connectivity index (χ4v) is 3.88. The molecule has 2 amide bonds. The molecular weight excluding hydrogens is 564 g/mol. The molecule has 43 heavy (non-hydrogen) atoms. The Morgan fingerprint density at radius 1 is 0.884 bits per heavy atom. The van der Waals surface area contributed by atoms with Gasteiger partial charge in [-0.25, -0.2) is 8.42 Å². The van der Waals surface area contributed by atoms with E-state index in [0.29, 0.717) is 17.0 Å². The molecule has 1 atom stereocenters. The summed E-state index contributed by atoms with van der Waals surface area (Å²) < 4.78 is 31.6. The molecule has 1 aromatic heterocycles. The van der Waals surface area contributed by atoms with Crippen LogP contribution in [0, 0.1) is 0 Å². The number of anilines is 1. The quantitative estimate of drug-likeness (QED) is 0.239. The number of aromatic nitrogens is 1. The summed E-state index contributed by atoms with van der Waals surface area (Å²) in [6, 6.07) is 19.2. The summed E-state index contributed by atoms with van der Waals surface area (Å²) in [6.07, 6.45) is 5.31. The molecule has 0 aliphatic carbocycles. The third kappa shape index (κ3) is 19.8. The van der Waals surface area contributed by atoms with E-state index in [1.54, 1.807) is 36.4 Å². The number of carbonyl (C=O) groups is 2. The molecule has 0 aliphatic rings. The molecule has 0 spiro atoms. The van der Waals surface area contributed by atoms with Crippen LogP contribution >= 0.6 is 0 Å². The third-order valence-electron chi connectivity index (χ3n) is 4.95. The molecule has 3 aromatic rings. The van der Waals surface area contributed by atoms with Gasteiger partial charge >= 0.3 is 0 Å². The van der Waals surface area contributed by atoms with Crippen LogP contribution in [0.1, 0.15) is 77.7 Å². The number of benzene rings is 2. The van der Waals surface area contributed by atoms with Crippen molar-refractivity contribution in [2.75, 3.05) is 24.1 Å². The molecule has 1 unspecified atom stereocenters. The van der Waals surface area contributed by atoms with Gasteiger partial charge < -0.3 is 15.4 Å². The van der Waals surface area contributed by atoms with Crippen molar-refractivity contribution in [2.24, 2.45) is 0 Å². The molecule has 0 aliphatic heterocycles. The van der Waals surface area contributed by atoms with E-state index in [1.165, 1.54) is 38.4 Å². The number of hydrogen-bond donors (Lipinski definition) is 3. The van der Waals surface area contributed by atoms with Crippen molar-refractivity contribution in [2.45, 2.75) is 74.3 Å². The van der Waals surface area contributed by atoms with Crippen molar-refractivity contribution in [3.8, 4) is 5.75 Å². The first-order chi connectivity index (χ1) is 20.6. The van der Waals surface area contributed by atoms with Crippen LogP contribution in [-0.2, 0) is 21.2 Å². The number of carbonyl (C=O) groups excluding carboxylic acids is 2. The molecular formula is C33H52N4O5S. The first-order valence-corrected chi connectivity index (χ1v) is 16.5. The van der Waals surface area contributed by atoms with Crippen LogP contribution in [0.2, 0.25) is 0 Å². The number of sulfonamides is 1. The normalized spacial score (nSPS) is 10.2. The maximum atomic E-state index is 12.1. The first-order valence-electron chi connectivity index (χ1n) is 14.8. The van der Waals surface area contributed by atoms with Crippen molar-refractivity contribution in [1.82, 2.24) is 15.6 Å². The second-order valence-corrected chi connectivity index (χ2v) is 10.3. The minimum absolute atomic E-state index is 0.0998. The standard InChI is InChI=1S/C18H22N4O5S.C8H10.C3H8.2C2H6/c1-13(21-18(24)14-4-3-9-19-12-14)17(23)20-10-11-28(25,26)22-15-5-7-16(27-2)8-6-15;1-2-8-6-4-3-5-7-8;1-3-2;2*1-2/h3-9,12-13,22H,10-11H2,1-2H3,(H,20,23)(H,21,24);3-7H,2H2,1H3;3H2,1-2H3;2*1-2H3. The zero-order valence-corrected chi connectivity index (χ0v) is 28.1. The molecule has 3 N–H and O–H groups in total. The Morgan fingerprint density at radius 3 is 1.93 bits per heavy atom. The highest BCUT2D eigenvalue weighted by Crippen LogP contribution is 2.16. The topological polar surface area (TPSA) is 126 Å². The van der Waals surface area contributed by atoms with Crippen molar-refractivity contribution >= 4 is 27.5 Å². The second-order valence-electron chi connectivity index (χ2n) is 8.42. The smallest absolute Gasteiger partial charge is 0.253 e. The van der Waals surface area contributed by atoms with Crippen molar-refractivity contribution in [1.29, 1.82) is 0 Å². The minimum Gasteiger partial charge on any atom is -0.497 e. The summed E-state index contributed by atoms with van der Waals surface area (Å²) in [7, 11) is -2.13. The maximum absolute atomic E-state index is 12.1. The van der Waals surface area contributed by atoms with Crippen LogP contribution in [0.5, 0.6) is 5.75 Å². The number of nitrogens with one attached hydrogen (secondary N) is 3. The van der Waals surface area contributed by atoms with E-state index in [0.717, 1.165) is 6.42 Å². The molecule has 10 heteroatoms. The molecule has 0 saturated carbocycles. The van der Waals surface area contributed by atoms with E-state index in [1.807, 2.05) is 33.8 Å². The fraction of sp³-hybridized carbons (Fsp3) is 0.424. The van der Waals surface area contributed by atoms with Gasteiger partial charge in [-0.3, -0.25) is 19.3 Å². The molecule has 3 rings (SSSR count). The molecule has 1 heterocycles. The number of hydrogen-bond acceptors (Lipinski definition) is 6. The third-order valence-corrected chi connectivity index (χ3v) is 6.24. The molecule has 0 saturated heterocycles. The molecule has 240 valence electrons. The summed E-state index contributed by atoms with van der Waals surface area (Å²) in [6.45, 7) is 15.8. The van der Waals surface area contributed by atoms with Gasteiger partial charge in [0, 0.05) is 24.6 Å². The molecule has 0 fully saturated rings. The second kappa shape index (κ2) is 25.8.